The van der Waals surface area contributed by atoms with Crippen molar-refractivity contribution >= 4 is 10.8 Å². The van der Waals surface area contributed by atoms with Crippen molar-refractivity contribution in [1.82, 2.24) is 4.98 Å². The molecule has 0 aliphatic heterocycles. The molecule has 0 N–H and O–H groups in total. The topological polar surface area (TPSA) is 12.9 Å². The highest BCUT2D eigenvalue weighted by Gasteiger charge is 2.13. The first-order valence-electron chi connectivity index (χ1n) is 7.53. The van der Waals surface area contributed by atoms with E-state index < -0.39 is 0 Å². The van der Waals surface area contributed by atoms with Crippen LogP contribution in [0.25, 0.3) is 22.0 Å². The van der Waals surface area contributed by atoms with Crippen LogP contribution in [0.5, 0.6) is 0 Å². The molecule has 0 aliphatic rings. The normalized spacial score (nSPS) is 10.5. The maximum Gasteiger partial charge on any atom is 0.0746 e. The standard InChI is InChI=1S/C21H19N/c1-3-10-19-17-14-8-9-15-18(17)20(11-4-2)22-21(19)16-12-6-5-7-13-16/h3-9,12-15H,1-2,10-11H2. The van der Waals surface area contributed by atoms with E-state index in [1.165, 1.54) is 16.3 Å². The zero-order valence-electron chi connectivity index (χ0n) is 12.6. The largest absolute Gasteiger partial charge is 0.252 e. The van der Waals surface area contributed by atoms with Crippen molar-refractivity contribution in [3.05, 3.63) is 91.2 Å². The van der Waals surface area contributed by atoms with Crippen LogP contribution in [0.15, 0.2) is 79.9 Å². The first kappa shape index (κ1) is 14.3. The number of rotatable bonds is 5. The number of nitrogens with zero attached hydrogens (tertiary/aromatic N) is 1. The predicted octanol–water partition coefficient (Wildman–Crippen LogP) is 5.36. The molecule has 1 nitrogen and oxygen atoms in total. The van der Waals surface area contributed by atoms with Crippen LogP contribution in [0, 0.1) is 0 Å². The van der Waals surface area contributed by atoms with Gasteiger partial charge in [0.15, 0.2) is 0 Å². The summed E-state index contributed by atoms with van der Waals surface area (Å²) in [5.41, 5.74) is 4.52. The smallest absolute Gasteiger partial charge is 0.0746 e. The first-order valence-corrected chi connectivity index (χ1v) is 7.53. The van der Waals surface area contributed by atoms with Crippen LogP contribution in [-0.2, 0) is 12.8 Å². The molecule has 22 heavy (non-hydrogen) atoms. The van der Waals surface area contributed by atoms with Crippen LogP contribution in [0.1, 0.15) is 11.3 Å². The van der Waals surface area contributed by atoms with Crippen LogP contribution < -0.4 is 0 Å². The van der Waals surface area contributed by atoms with Crippen LogP contribution >= 0.6 is 0 Å². The Morgan fingerprint density at radius 1 is 0.773 bits per heavy atom. The van der Waals surface area contributed by atoms with E-state index in [9.17, 15) is 0 Å². The minimum absolute atomic E-state index is 0.773. The van der Waals surface area contributed by atoms with E-state index in [4.69, 9.17) is 4.98 Å². The maximum atomic E-state index is 4.96. The predicted molar refractivity (Wildman–Crippen MR) is 95.0 cm³/mol. The van der Waals surface area contributed by atoms with Gasteiger partial charge in [0.1, 0.15) is 0 Å². The molecule has 1 aromatic heterocycles. The van der Waals surface area contributed by atoms with E-state index in [1.807, 2.05) is 18.2 Å². The third-order valence-corrected chi connectivity index (χ3v) is 3.83. The van der Waals surface area contributed by atoms with E-state index in [-0.39, 0.29) is 0 Å². The van der Waals surface area contributed by atoms with E-state index in [0.29, 0.717) is 0 Å². The fourth-order valence-electron chi connectivity index (χ4n) is 2.87. The van der Waals surface area contributed by atoms with E-state index >= 15 is 0 Å². The summed E-state index contributed by atoms with van der Waals surface area (Å²) in [6.07, 6.45) is 5.45. The molecule has 0 bridgehead atoms. The summed E-state index contributed by atoms with van der Waals surface area (Å²) in [5.74, 6) is 0. The van der Waals surface area contributed by atoms with Crippen LogP contribution in [-0.4, -0.2) is 4.98 Å². The Balaban J connectivity index is 2.36. The average molecular weight is 285 g/mol. The van der Waals surface area contributed by atoms with Gasteiger partial charge in [-0.2, -0.15) is 0 Å². The average Bonchev–Trinajstić information content (AvgIpc) is 2.58. The van der Waals surface area contributed by atoms with Crippen molar-refractivity contribution < 1.29 is 0 Å². The number of pyridine rings is 1. The molecule has 0 fully saturated rings. The first-order chi connectivity index (χ1) is 10.8. The minimum Gasteiger partial charge on any atom is -0.252 e. The van der Waals surface area contributed by atoms with Crippen LogP contribution in [0.3, 0.4) is 0 Å². The lowest BCUT2D eigenvalue weighted by Crippen LogP contribution is -2.00. The quantitative estimate of drug-likeness (QED) is 0.575. The van der Waals surface area contributed by atoms with Crippen molar-refractivity contribution in [2.45, 2.75) is 12.8 Å². The molecule has 0 aliphatic carbocycles. The molecule has 3 rings (SSSR count). The second-order valence-corrected chi connectivity index (χ2v) is 5.28. The summed E-state index contributed by atoms with van der Waals surface area (Å²) >= 11 is 0. The molecule has 3 aromatic rings. The fraction of sp³-hybridized carbons (Fsp3) is 0.0952. The third kappa shape index (κ3) is 2.58. The Hall–Kier alpha value is -2.67. The molecule has 0 radical (unpaired) electrons. The number of aromatic nitrogens is 1. The summed E-state index contributed by atoms with van der Waals surface area (Å²) in [6.45, 7) is 7.78. The highest BCUT2D eigenvalue weighted by atomic mass is 14.7. The lowest BCUT2D eigenvalue weighted by Gasteiger charge is -2.14. The zero-order valence-corrected chi connectivity index (χ0v) is 12.6. The SMILES string of the molecule is C=CCc1nc(-c2ccccc2)c(CC=C)c2ccccc12. The van der Waals surface area contributed by atoms with Crippen molar-refractivity contribution in [2.75, 3.05) is 0 Å². The van der Waals surface area contributed by atoms with Crippen molar-refractivity contribution in [3.63, 3.8) is 0 Å². The molecular formula is C21H19N. The fourth-order valence-corrected chi connectivity index (χ4v) is 2.87. The van der Waals surface area contributed by atoms with Gasteiger partial charge >= 0.3 is 0 Å². The van der Waals surface area contributed by atoms with Gasteiger partial charge in [0, 0.05) is 17.4 Å². The molecule has 2 aromatic carbocycles. The Labute approximate surface area is 131 Å². The number of fused-ring (bicyclic) bond motifs is 1. The molecule has 0 amide bonds. The molecular weight excluding hydrogens is 266 g/mol. The maximum absolute atomic E-state index is 4.96. The highest BCUT2D eigenvalue weighted by Crippen LogP contribution is 2.31. The van der Waals surface area contributed by atoms with Crippen molar-refractivity contribution in [3.8, 4) is 11.3 Å². The lowest BCUT2D eigenvalue weighted by molar-refractivity contribution is 1.12. The number of allylic oxidation sites excluding steroid dienone is 2. The lowest BCUT2D eigenvalue weighted by atomic mass is 9.95. The summed E-state index contributed by atoms with van der Waals surface area (Å²) in [4.78, 5) is 4.96. The van der Waals surface area contributed by atoms with E-state index in [2.05, 4.69) is 61.7 Å². The molecule has 108 valence electrons. The number of hydrogen-bond donors (Lipinski definition) is 0. The number of hydrogen-bond acceptors (Lipinski definition) is 1. The summed E-state index contributed by atoms with van der Waals surface area (Å²) in [7, 11) is 0. The van der Waals surface area contributed by atoms with E-state index in [1.54, 1.807) is 0 Å². The summed E-state index contributed by atoms with van der Waals surface area (Å²) < 4.78 is 0. The zero-order chi connectivity index (χ0) is 15.4. The van der Waals surface area contributed by atoms with Gasteiger partial charge in [-0.25, -0.2) is 0 Å². The van der Waals surface area contributed by atoms with Gasteiger partial charge in [-0.05, 0) is 17.4 Å². The van der Waals surface area contributed by atoms with Crippen molar-refractivity contribution in [2.24, 2.45) is 0 Å². The van der Waals surface area contributed by atoms with Crippen LogP contribution in [0.4, 0.5) is 0 Å². The third-order valence-electron chi connectivity index (χ3n) is 3.83. The van der Waals surface area contributed by atoms with Crippen LogP contribution in [0.2, 0.25) is 0 Å². The summed E-state index contributed by atoms with van der Waals surface area (Å²) in [6, 6.07) is 18.8. The monoisotopic (exact) mass is 285 g/mol. The van der Waals surface area contributed by atoms with Crippen molar-refractivity contribution in [1.29, 1.82) is 0 Å². The van der Waals surface area contributed by atoms with Gasteiger partial charge in [-0.3, -0.25) is 4.98 Å². The minimum atomic E-state index is 0.773. The Bertz CT molecular complexity index is 816. The van der Waals surface area contributed by atoms with Gasteiger partial charge in [0.25, 0.3) is 0 Å². The molecule has 0 unspecified atom stereocenters. The molecule has 0 saturated carbocycles. The Morgan fingerprint density at radius 3 is 2.09 bits per heavy atom. The summed E-state index contributed by atoms with van der Waals surface area (Å²) in [5, 5.41) is 2.46. The second-order valence-electron chi connectivity index (χ2n) is 5.28. The van der Waals surface area contributed by atoms with Gasteiger partial charge in [-0.15, -0.1) is 13.2 Å². The Kier molecular flexibility index (Phi) is 4.15. The molecule has 1 heteroatoms. The van der Waals surface area contributed by atoms with Gasteiger partial charge in [-0.1, -0.05) is 66.7 Å². The molecule has 0 atom stereocenters. The number of benzene rings is 2. The molecule has 0 saturated heterocycles. The van der Waals surface area contributed by atoms with Gasteiger partial charge < -0.3 is 0 Å². The van der Waals surface area contributed by atoms with Gasteiger partial charge in [0.2, 0.25) is 0 Å². The Morgan fingerprint density at radius 2 is 1.41 bits per heavy atom. The van der Waals surface area contributed by atoms with E-state index in [0.717, 1.165) is 29.8 Å². The second kappa shape index (κ2) is 6.40. The van der Waals surface area contributed by atoms with Gasteiger partial charge in [0.05, 0.1) is 11.4 Å². The molecule has 1 heterocycles. The molecule has 0 spiro atoms. The highest BCUT2D eigenvalue weighted by molar-refractivity contribution is 5.92.